The molecule has 0 radical (unpaired) electrons. The highest BCUT2D eigenvalue weighted by Gasteiger charge is 2.42. The van der Waals surface area contributed by atoms with E-state index >= 15 is 0 Å². The molecule has 1 saturated carbocycles. The lowest BCUT2D eigenvalue weighted by Crippen LogP contribution is -2.37. The van der Waals surface area contributed by atoms with Gasteiger partial charge in [-0.2, -0.15) is 0 Å². The minimum atomic E-state index is 0.528. The van der Waals surface area contributed by atoms with Gasteiger partial charge in [0.25, 0.3) is 0 Å². The van der Waals surface area contributed by atoms with Crippen molar-refractivity contribution < 1.29 is 0 Å². The summed E-state index contributed by atoms with van der Waals surface area (Å²) >= 11 is 9.48. The average Bonchev–Trinajstić information content (AvgIpc) is 3.02. The molecule has 94 valence electrons. The Morgan fingerprint density at radius 2 is 2.17 bits per heavy atom. The third-order valence-electron chi connectivity index (χ3n) is 3.87. The van der Waals surface area contributed by atoms with E-state index in [9.17, 15) is 0 Å². The number of nitrogens with zero attached hydrogens (tertiary/aromatic N) is 2. The maximum Gasteiger partial charge on any atom is 0.168 e. The van der Waals surface area contributed by atoms with Gasteiger partial charge in [-0.3, -0.25) is 4.99 Å². The molecule has 1 fully saturated rings. The van der Waals surface area contributed by atoms with Gasteiger partial charge >= 0.3 is 0 Å². The Bertz CT molecular complexity index is 549. The molecular formula is C13H13ClN2S2. The van der Waals surface area contributed by atoms with Crippen molar-refractivity contribution in [1.82, 2.24) is 4.90 Å². The first-order valence-electron chi connectivity index (χ1n) is 6.32. The van der Waals surface area contributed by atoms with Crippen LogP contribution in [-0.4, -0.2) is 22.2 Å². The van der Waals surface area contributed by atoms with E-state index in [-0.39, 0.29) is 0 Å². The Balaban J connectivity index is 1.69. The summed E-state index contributed by atoms with van der Waals surface area (Å²) in [6.45, 7) is 0. The van der Waals surface area contributed by atoms with Crippen molar-refractivity contribution in [2.45, 2.75) is 37.8 Å². The van der Waals surface area contributed by atoms with Crippen LogP contribution in [0.15, 0.2) is 22.5 Å². The topological polar surface area (TPSA) is 15.6 Å². The predicted molar refractivity (Wildman–Crippen MR) is 80.2 cm³/mol. The summed E-state index contributed by atoms with van der Waals surface area (Å²) in [5, 5.41) is 3.43. The summed E-state index contributed by atoms with van der Waals surface area (Å²) < 4.78 is 0.862. The second kappa shape index (κ2) is 4.29. The molecule has 0 unspecified atom stereocenters. The van der Waals surface area contributed by atoms with Crippen LogP contribution in [-0.2, 0) is 0 Å². The quantitative estimate of drug-likeness (QED) is 0.762. The minimum absolute atomic E-state index is 0.528. The molecule has 0 saturated heterocycles. The third kappa shape index (κ3) is 1.66. The van der Waals surface area contributed by atoms with Gasteiger partial charge in [-0.1, -0.05) is 36.2 Å². The van der Waals surface area contributed by atoms with Crippen LogP contribution < -0.4 is 0 Å². The van der Waals surface area contributed by atoms with Crippen molar-refractivity contribution in [3.63, 3.8) is 0 Å². The average molecular weight is 297 g/mol. The maximum absolute atomic E-state index is 6.05. The second-order valence-corrected chi connectivity index (χ2v) is 7.48. The molecule has 2 aliphatic heterocycles. The lowest BCUT2D eigenvalue weighted by atomic mass is 9.90. The van der Waals surface area contributed by atoms with E-state index in [1.165, 1.54) is 41.4 Å². The van der Waals surface area contributed by atoms with E-state index in [0.29, 0.717) is 12.1 Å². The predicted octanol–water partition coefficient (Wildman–Crippen LogP) is 4.43. The fourth-order valence-electron chi connectivity index (χ4n) is 3.05. The first-order chi connectivity index (χ1) is 8.83. The molecule has 3 heterocycles. The Kier molecular flexibility index (Phi) is 2.71. The summed E-state index contributed by atoms with van der Waals surface area (Å²) in [6.07, 6.45) is 5.20. The van der Waals surface area contributed by atoms with Gasteiger partial charge in [0.1, 0.15) is 0 Å². The van der Waals surface area contributed by atoms with Crippen LogP contribution in [0.4, 0.5) is 0 Å². The van der Waals surface area contributed by atoms with Crippen molar-refractivity contribution in [2.75, 3.05) is 0 Å². The summed E-state index contributed by atoms with van der Waals surface area (Å²) in [4.78, 5) is 8.60. The number of thioether (sulfide) groups is 1. The van der Waals surface area contributed by atoms with E-state index in [1.54, 1.807) is 23.1 Å². The smallest absolute Gasteiger partial charge is 0.168 e. The Labute approximate surface area is 120 Å². The van der Waals surface area contributed by atoms with Crippen molar-refractivity contribution in [2.24, 2.45) is 4.99 Å². The first kappa shape index (κ1) is 11.4. The molecule has 4 rings (SSSR count). The molecular weight excluding hydrogens is 284 g/mol. The van der Waals surface area contributed by atoms with E-state index in [0.717, 1.165) is 4.34 Å². The van der Waals surface area contributed by atoms with Crippen LogP contribution in [0.5, 0.6) is 0 Å². The minimum Gasteiger partial charge on any atom is -0.314 e. The molecule has 2 atom stereocenters. The molecule has 0 N–H and O–H groups in total. The summed E-state index contributed by atoms with van der Waals surface area (Å²) in [7, 11) is 0. The van der Waals surface area contributed by atoms with Gasteiger partial charge in [-0.25, -0.2) is 0 Å². The number of aliphatic imine (C=N–C) groups is 1. The molecule has 1 aromatic rings. The van der Waals surface area contributed by atoms with E-state index in [4.69, 9.17) is 16.6 Å². The van der Waals surface area contributed by atoms with Gasteiger partial charge in [0.15, 0.2) is 5.17 Å². The number of rotatable bonds is 1. The number of thiophene rings is 1. The molecule has 0 spiro atoms. The Morgan fingerprint density at radius 1 is 1.28 bits per heavy atom. The molecule has 3 aliphatic rings. The van der Waals surface area contributed by atoms with Crippen LogP contribution in [0.3, 0.4) is 0 Å². The standard InChI is InChI=1S/C13H13ClN2S2/c14-12-6-5-11(18-12)10-7-17-13-15-8-3-1-2-4-9(8)16(10)13/h5-9H,1-4H2/t8-,9+/m1/s1. The van der Waals surface area contributed by atoms with Gasteiger partial charge in [-0.05, 0) is 25.0 Å². The highest BCUT2D eigenvalue weighted by Crippen LogP contribution is 2.45. The SMILES string of the molecule is Clc1ccc(C2=CSC3=N[C@@H]4CCCC[C@@H]4N23)s1. The number of amidine groups is 1. The van der Waals surface area contributed by atoms with Gasteiger partial charge in [0.05, 0.1) is 27.0 Å². The summed E-state index contributed by atoms with van der Waals surface area (Å²) in [6, 6.07) is 5.23. The molecule has 5 heteroatoms. The van der Waals surface area contributed by atoms with Gasteiger partial charge in [0, 0.05) is 5.41 Å². The normalized spacial score (nSPS) is 29.9. The highest BCUT2D eigenvalue weighted by molar-refractivity contribution is 8.16. The number of halogens is 1. The molecule has 0 aromatic carbocycles. The van der Waals surface area contributed by atoms with Crippen molar-refractivity contribution >= 4 is 45.6 Å². The zero-order valence-corrected chi connectivity index (χ0v) is 12.2. The summed E-state index contributed by atoms with van der Waals surface area (Å²) in [5.41, 5.74) is 1.31. The number of fused-ring (bicyclic) bond motifs is 3. The third-order valence-corrected chi connectivity index (χ3v) is 5.98. The van der Waals surface area contributed by atoms with Gasteiger partial charge in [0.2, 0.25) is 0 Å². The zero-order valence-electron chi connectivity index (χ0n) is 9.80. The van der Waals surface area contributed by atoms with Crippen LogP contribution >= 0.6 is 34.7 Å². The van der Waals surface area contributed by atoms with Gasteiger partial charge < -0.3 is 4.90 Å². The van der Waals surface area contributed by atoms with Crippen LogP contribution in [0.1, 0.15) is 30.6 Å². The molecule has 1 aliphatic carbocycles. The van der Waals surface area contributed by atoms with Crippen molar-refractivity contribution in [3.8, 4) is 0 Å². The van der Waals surface area contributed by atoms with Gasteiger partial charge in [-0.15, -0.1) is 11.3 Å². The van der Waals surface area contributed by atoms with E-state index < -0.39 is 0 Å². The lowest BCUT2D eigenvalue weighted by Gasteiger charge is -2.31. The van der Waals surface area contributed by atoms with Crippen LogP contribution in [0.2, 0.25) is 4.34 Å². The van der Waals surface area contributed by atoms with Crippen molar-refractivity contribution in [1.29, 1.82) is 0 Å². The maximum atomic E-state index is 6.05. The highest BCUT2D eigenvalue weighted by atomic mass is 35.5. The monoisotopic (exact) mass is 296 g/mol. The van der Waals surface area contributed by atoms with Crippen molar-refractivity contribution in [3.05, 3.63) is 26.8 Å². The Hall–Kier alpha value is -0.450. The number of hydrogen-bond acceptors (Lipinski definition) is 4. The number of hydrogen-bond donors (Lipinski definition) is 0. The largest absolute Gasteiger partial charge is 0.314 e. The zero-order chi connectivity index (χ0) is 12.1. The fourth-order valence-corrected chi connectivity index (χ4v) is 5.18. The summed E-state index contributed by atoms with van der Waals surface area (Å²) in [5.74, 6) is 0. The van der Waals surface area contributed by atoms with E-state index in [2.05, 4.69) is 16.4 Å². The van der Waals surface area contributed by atoms with Crippen LogP contribution in [0, 0.1) is 0 Å². The van der Waals surface area contributed by atoms with E-state index in [1.807, 2.05) is 6.07 Å². The second-order valence-electron chi connectivity index (χ2n) is 4.93. The first-order valence-corrected chi connectivity index (χ1v) is 8.40. The molecule has 0 bridgehead atoms. The fraction of sp³-hybridized carbons (Fsp3) is 0.462. The molecule has 18 heavy (non-hydrogen) atoms. The lowest BCUT2D eigenvalue weighted by molar-refractivity contribution is 0.306. The molecule has 2 nitrogen and oxygen atoms in total. The van der Waals surface area contributed by atoms with Crippen LogP contribution in [0.25, 0.3) is 5.70 Å². The molecule has 1 aromatic heterocycles. The Morgan fingerprint density at radius 3 is 3.00 bits per heavy atom. The molecule has 0 amide bonds.